The summed E-state index contributed by atoms with van der Waals surface area (Å²) in [6, 6.07) is 4.71. The number of nitroso groups, excluding NO2 is 1. The van der Waals surface area contributed by atoms with Crippen molar-refractivity contribution in [2.45, 2.75) is 38.7 Å². The average molecular weight is 533 g/mol. The van der Waals surface area contributed by atoms with Gasteiger partial charge in [-0.3, -0.25) is 9.59 Å². The maximum absolute atomic E-state index is 13.8. The zero-order chi connectivity index (χ0) is 27.2. The van der Waals surface area contributed by atoms with E-state index in [4.69, 9.17) is 13.9 Å². The lowest BCUT2D eigenvalue weighted by atomic mass is 9.87. The van der Waals surface area contributed by atoms with E-state index < -0.39 is 41.0 Å². The Morgan fingerprint density at radius 2 is 1.76 bits per heavy atom. The standard InChI is InChI=1S/C24H22F3N5O6/c1-2-36-23(34)12-3-5-13(6-4-12)37-14-7-8-18(20(9-14)32-35)28-21(33)22-30-31-24(38-22)29-19-11-16(26)15(25)10-17(19)27/h7-13H,2-6H2,1H3,(H,28,33)(H,29,31). The minimum absolute atomic E-state index is 0.0303. The number of amides is 1. The van der Waals surface area contributed by atoms with Gasteiger partial charge in [-0.1, -0.05) is 5.10 Å². The van der Waals surface area contributed by atoms with Crippen LogP contribution in [0.1, 0.15) is 43.3 Å². The average Bonchev–Trinajstić information content (AvgIpc) is 3.37. The summed E-state index contributed by atoms with van der Waals surface area (Å²) >= 11 is 0. The molecule has 1 aromatic heterocycles. The molecule has 1 saturated carbocycles. The molecule has 0 radical (unpaired) electrons. The van der Waals surface area contributed by atoms with Crippen LogP contribution in [0.3, 0.4) is 0 Å². The molecule has 0 unspecified atom stereocenters. The van der Waals surface area contributed by atoms with Crippen molar-refractivity contribution in [3.63, 3.8) is 0 Å². The van der Waals surface area contributed by atoms with Gasteiger partial charge in [-0.2, -0.15) is 0 Å². The molecule has 0 saturated heterocycles. The third-order valence-corrected chi connectivity index (χ3v) is 5.78. The second-order valence-electron chi connectivity index (χ2n) is 8.35. The van der Waals surface area contributed by atoms with Crippen LogP contribution in [0.5, 0.6) is 5.75 Å². The molecule has 0 bridgehead atoms. The third kappa shape index (κ3) is 6.25. The van der Waals surface area contributed by atoms with Crippen molar-refractivity contribution in [2.24, 2.45) is 11.1 Å². The molecule has 3 aromatic rings. The molecule has 2 aromatic carbocycles. The maximum Gasteiger partial charge on any atom is 0.320 e. The topological polar surface area (TPSA) is 145 Å². The molecule has 0 spiro atoms. The van der Waals surface area contributed by atoms with Gasteiger partial charge in [-0.05, 0) is 49.9 Å². The lowest BCUT2D eigenvalue weighted by Gasteiger charge is -2.27. The molecule has 4 rings (SSSR count). The predicted octanol–water partition coefficient (Wildman–Crippen LogP) is 5.38. The maximum atomic E-state index is 13.8. The van der Waals surface area contributed by atoms with E-state index in [0.717, 1.165) is 0 Å². The fourth-order valence-electron chi connectivity index (χ4n) is 3.91. The van der Waals surface area contributed by atoms with Crippen LogP contribution in [0.2, 0.25) is 0 Å². The molecule has 200 valence electrons. The number of carbonyl (C=O) groups excluding carboxylic acids is 2. The number of nitrogens with one attached hydrogen (secondary N) is 2. The molecular formula is C24H22F3N5O6. The number of ether oxygens (including phenoxy) is 2. The quantitative estimate of drug-likeness (QED) is 0.210. The Labute approximate surface area is 213 Å². The first-order chi connectivity index (χ1) is 18.3. The Morgan fingerprint density at radius 1 is 1.03 bits per heavy atom. The van der Waals surface area contributed by atoms with Crippen LogP contribution < -0.4 is 15.4 Å². The first-order valence-corrected chi connectivity index (χ1v) is 11.6. The van der Waals surface area contributed by atoms with E-state index in [9.17, 15) is 27.7 Å². The first kappa shape index (κ1) is 26.6. The van der Waals surface area contributed by atoms with Gasteiger partial charge in [0, 0.05) is 18.2 Å². The Kier molecular flexibility index (Phi) is 8.19. The number of rotatable bonds is 9. The predicted molar refractivity (Wildman–Crippen MR) is 127 cm³/mol. The van der Waals surface area contributed by atoms with Crippen molar-refractivity contribution in [3.8, 4) is 5.75 Å². The normalized spacial score (nSPS) is 16.9. The van der Waals surface area contributed by atoms with E-state index >= 15 is 0 Å². The van der Waals surface area contributed by atoms with E-state index in [1.54, 1.807) is 6.92 Å². The van der Waals surface area contributed by atoms with Crippen LogP contribution >= 0.6 is 0 Å². The van der Waals surface area contributed by atoms with E-state index in [0.29, 0.717) is 50.2 Å². The number of carbonyl (C=O) groups is 2. The first-order valence-electron chi connectivity index (χ1n) is 11.6. The number of anilines is 3. The Morgan fingerprint density at radius 3 is 2.47 bits per heavy atom. The molecule has 1 heterocycles. The largest absolute Gasteiger partial charge is 0.490 e. The van der Waals surface area contributed by atoms with Gasteiger partial charge in [0.25, 0.3) is 0 Å². The van der Waals surface area contributed by atoms with Gasteiger partial charge < -0.3 is 24.5 Å². The number of halogens is 3. The van der Waals surface area contributed by atoms with Gasteiger partial charge in [0.2, 0.25) is 0 Å². The van der Waals surface area contributed by atoms with Crippen molar-refractivity contribution in [3.05, 3.63) is 58.6 Å². The number of aromatic nitrogens is 2. The van der Waals surface area contributed by atoms with Crippen LogP contribution in [0, 0.1) is 28.3 Å². The number of hydrogen-bond donors (Lipinski definition) is 2. The number of esters is 1. The van der Waals surface area contributed by atoms with Gasteiger partial charge in [-0.15, -0.1) is 10.0 Å². The van der Waals surface area contributed by atoms with Crippen LogP contribution in [0.4, 0.5) is 36.2 Å². The zero-order valence-corrected chi connectivity index (χ0v) is 20.0. The summed E-state index contributed by atoms with van der Waals surface area (Å²) in [6.45, 7) is 2.09. The molecule has 11 nitrogen and oxygen atoms in total. The van der Waals surface area contributed by atoms with Crippen molar-refractivity contribution in [2.75, 3.05) is 17.2 Å². The lowest BCUT2D eigenvalue weighted by molar-refractivity contribution is -0.149. The second-order valence-corrected chi connectivity index (χ2v) is 8.35. The molecule has 14 heteroatoms. The highest BCUT2D eigenvalue weighted by molar-refractivity contribution is 6.02. The van der Waals surface area contributed by atoms with Crippen molar-refractivity contribution >= 4 is 35.0 Å². The third-order valence-electron chi connectivity index (χ3n) is 5.78. The Bertz CT molecular complexity index is 1340. The summed E-state index contributed by atoms with van der Waals surface area (Å²) in [5.74, 6) is -5.29. The monoisotopic (exact) mass is 533 g/mol. The Hall–Kier alpha value is -4.49. The van der Waals surface area contributed by atoms with Gasteiger partial charge in [-0.25, -0.2) is 13.2 Å². The summed E-state index contributed by atoms with van der Waals surface area (Å²) < 4.78 is 56.3. The highest BCUT2D eigenvalue weighted by Crippen LogP contribution is 2.33. The summed E-state index contributed by atoms with van der Waals surface area (Å²) in [7, 11) is 0. The van der Waals surface area contributed by atoms with Crippen molar-refractivity contribution in [1.82, 2.24) is 10.2 Å². The molecule has 2 N–H and O–H groups in total. The van der Waals surface area contributed by atoms with E-state index in [-0.39, 0.29) is 29.4 Å². The SMILES string of the molecule is CCOC(=O)C1CCC(Oc2ccc(NC(=O)c3nnc(Nc4cc(F)c(F)cc4F)o3)c(N=O)c2)CC1. The fourth-order valence-corrected chi connectivity index (χ4v) is 3.91. The van der Waals surface area contributed by atoms with E-state index in [1.165, 1.54) is 18.2 Å². The van der Waals surface area contributed by atoms with E-state index in [2.05, 4.69) is 26.0 Å². The van der Waals surface area contributed by atoms with Crippen LogP contribution in [-0.4, -0.2) is 34.8 Å². The summed E-state index contributed by atoms with van der Waals surface area (Å²) in [5, 5.41) is 14.6. The number of nitrogens with zero attached hydrogens (tertiary/aromatic N) is 3. The molecule has 1 amide bonds. The molecule has 1 fully saturated rings. The van der Waals surface area contributed by atoms with Gasteiger partial charge in [0.05, 0.1) is 30.0 Å². The Balaban J connectivity index is 1.36. The van der Waals surface area contributed by atoms with Gasteiger partial charge in [0.1, 0.15) is 17.3 Å². The van der Waals surface area contributed by atoms with Crippen LogP contribution in [-0.2, 0) is 9.53 Å². The van der Waals surface area contributed by atoms with Crippen LogP contribution in [0.25, 0.3) is 0 Å². The zero-order valence-electron chi connectivity index (χ0n) is 20.0. The fraction of sp³-hybridized carbons (Fsp3) is 0.333. The van der Waals surface area contributed by atoms with Crippen molar-refractivity contribution in [1.29, 1.82) is 0 Å². The smallest absolute Gasteiger partial charge is 0.320 e. The summed E-state index contributed by atoms with van der Waals surface area (Å²) in [4.78, 5) is 35.8. The van der Waals surface area contributed by atoms with Crippen molar-refractivity contribution < 1.29 is 36.7 Å². The molecule has 38 heavy (non-hydrogen) atoms. The lowest BCUT2D eigenvalue weighted by Crippen LogP contribution is -2.29. The minimum Gasteiger partial charge on any atom is -0.490 e. The molecule has 1 aliphatic rings. The molecule has 0 aliphatic heterocycles. The van der Waals surface area contributed by atoms with Gasteiger partial charge >= 0.3 is 23.8 Å². The number of hydrogen-bond acceptors (Lipinski definition) is 10. The van der Waals surface area contributed by atoms with E-state index in [1.807, 2.05) is 0 Å². The highest BCUT2D eigenvalue weighted by atomic mass is 19.2. The number of benzene rings is 2. The van der Waals surface area contributed by atoms with Gasteiger partial charge in [0.15, 0.2) is 11.6 Å². The highest BCUT2D eigenvalue weighted by Gasteiger charge is 2.28. The molecular weight excluding hydrogens is 511 g/mol. The van der Waals surface area contributed by atoms with Crippen LogP contribution in [0.15, 0.2) is 39.9 Å². The summed E-state index contributed by atoms with van der Waals surface area (Å²) in [6.07, 6.45) is 2.35. The second kappa shape index (κ2) is 11.7. The molecule has 1 aliphatic carbocycles. The summed E-state index contributed by atoms with van der Waals surface area (Å²) in [5.41, 5.74) is -0.586. The molecule has 0 atom stereocenters. The minimum atomic E-state index is -1.38.